The Kier molecular flexibility index (Phi) is 2.62. The molecular formula is C9H10N2O3. The molecule has 0 saturated heterocycles. The molecule has 0 spiro atoms. The summed E-state index contributed by atoms with van der Waals surface area (Å²) >= 11 is 0. The third-order valence-electron chi connectivity index (χ3n) is 1.87. The normalized spacial score (nSPS) is 14.4. The smallest absolute Gasteiger partial charge is 0.329 e. The van der Waals surface area contributed by atoms with E-state index in [1.54, 1.807) is 6.07 Å². The fourth-order valence-corrected chi connectivity index (χ4v) is 0.916. The van der Waals surface area contributed by atoms with E-state index in [4.69, 9.17) is 10.8 Å². The van der Waals surface area contributed by atoms with Crippen molar-refractivity contribution in [2.24, 2.45) is 5.73 Å². The zero-order chi connectivity index (χ0) is 10.8. The van der Waals surface area contributed by atoms with Crippen molar-refractivity contribution in [2.45, 2.75) is 12.5 Å². The number of carbonyl (C=O) groups is 2. The Labute approximate surface area is 80.6 Å². The van der Waals surface area contributed by atoms with Crippen LogP contribution in [0.3, 0.4) is 0 Å². The molecule has 74 valence electrons. The number of carbonyl (C=O) groups excluding carboxylic acids is 1. The van der Waals surface area contributed by atoms with Gasteiger partial charge in [0.1, 0.15) is 5.69 Å². The lowest BCUT2D eigenvalue weighted by molar-refractivity contribution is -0.143. The monoisotopic (exact) mass is 194 g/mol. The van der Waals surface area contributed by atoms with E-state index in [0.717, 1.165) is 0 Å². The van der Waals surface area contributed by atoms with Gasteiger partial charge in [0, 0.05) is 0 Å². The van der Waals surface area contributed by atoms with Gasteiger partial charge in [-0.05, 0) is 19.1 Å². The zero-order valence-electron chi connectivity index (χ0n) is 7.60. The third-order valence-corrected chi connectivity index (χ3v) is 1.87. The summed E-state index contributed by atoms with van der Waals surface area (Å²) in [5.74, 6) is -1.19. The number of hydrogen-bond acceptors (Lipinski definition) is 4. The highest BCUT2D eigenvalue weighted by Gasteiger charge is 2.31. The largest absolute Gasteiger partial charge is 0.480 e. The maximum Gasteiger partial charge on any atom is 0.329 e. The Morgan fingerprint density at radius 3 is 2.79 bits per heavy atom. The van der Waals surface area contributed by atoms with Crippen LogP contribution in [0.15, 0.2) is 18.2 Å². The van der Waals surface area contributed by atoms with E-state index in [2.05, 4.69) is 4.98 Å². The molecule has 1 heterocycles. The Bertz CT molecular complexity index is 374. The van der Waals surface area contributed by atoms with E-state index < -0.39 is 11.5 Å². The first kappa shape index (κ1) is 10.3. The molecule has 0 bridgehead atoms. The van der Waals surface area contributed by atoms with E-state index >= 15 is 0 Å². The second kappa shape index (κ2) is 3.55. The van der Waals surface area contributed by atoms with Crippen molar-refractivity contribution in [3.63, 3.8) is 0 Å². The fraction of sp³-hybridized carbons (Fsp3) is 0.222. The lowest BCUT2D eigenvalue weighted by atomic mass is 9.99. The number of aldehydes is 1. The van der Waals surface area contributed by atoms with Crippen LogP contribution >= 0.6 is 0 Å². The van der Waals surface area contributed by atoms with Gasteiger partial charge in [-0.15, -0.1) is 0 Å². The molecule has 5 heteroatoms. The fourth-order valence-electron chi connectivity index (χ4n) is 0.916. The lowest BCUT2D eigenvalue weighted by Gasteiger charge is -2.18. The van der Waals surface area contributed by atoms with Crippen LogP contribution in [0.25, 0.3) is 0 Å². The van der Waals surface area contributed by atoms with Crippen molar-refractivity contribution >= 4 is 12.3 Å². The molecule has 1 aromatic heterocycles. The van der Waals surface area contributed by atoms with Gasteiger partial charge in [-0.2, -0.15) is 0 Å². The molecule has 0 fully saturated rings. The maximum absolute atomic E-state index is 10.8. The van der Waals surface area contributed by atoms with Gasteiger partial charge in [0.2, 0.25) is 0 Å². The Hall–Kier alpha value is -1.75. The van der Waals surface area contributed by atoms with Gasteiger partial charge in [0.15, 0.2) is 11.8 Å². The van der Waals surface area contributed by atoms with Gasteiger partial charge < -0.3 is 10.8 Å². The molecule has 0 unspecified atom stereocenters. The van der Waals surface area contributed by atoms with Gasteiger partial charge in [-0.3, -0.25) is 4.79 Å². The second-order valence-corrected chi connectivity index (χ2v) is 3.07. The van der Waals surface area contributed by atoms with Crippen molar-refractivity contribution in [1.82, 2.24) is 4.98 Å². The predicted molar refractivity (Wildman–Crippen MR) is 48.8 cm³/mol. The average molecular weight is 194 g/mol. The van der Waals surface area contributed by atoms with E-state index in [9.17, 15) is 9.59 Å². The summed E-state index contributed by atoms with van der Waals surface area (Å²) in [4.78, 5) is 25.0. The molecule has 14 heavy (non-hydrogen) atoms. The highest BCUT2D eigenvalue weighted by atomic mass is 16.4. The van der Waals surface area contributed by atoms with Crippen LogP contribution < -0.4 is 5.73 Å². The SMILES string of the molecule is C[C@@](N)(C(=O)O)c1cccc(C=O)n1. The Morgan fingerprint density at radius 1 is 1.64 bits per heavy atom. The molecule has 5 nitrogen and oxygen atoms in total. The second-order valence-electron chi connectivity index (χ2n) is 3.07. The van der Waals surface area contributed by atoms with Gasteiger partial charge in [-0.1, -0.05) is 6.07 Å². The summed E-state index contributed by atoms with van der Waals surface area (Å²) in [6.45, 7) is 1.33. The number of aromatic nitrogens is 1. The summed E-state index contributed by atoms with van der Waals surface area (Å²) in [7, 11) is 0. The van der Waals surface area contributed by atoms with Crippen LogP contribution in [0, 0.1) is 0 Å². The van der Waals surface area contributed by atoms with E-state index in [-0.39, 0.29) is 11.4 Å². The van der Waals surface area contributed by atoms with Crippen LogP contribution in [0.1, 0.15) is 23.1 Å². The lowest BCUT2D eigenvalue weighted by Crippen LogP contribution is -2.42. The van der Waals surface area contributed by atoms with Gasteiger partial charge in [0.25, 0.3) is 0 Å². The van der Waals surface area contributed by atoms with Gasteiger partial charge in [-0.25, -0.2) is 9.78 Å². The van der Waals surface area contributed by atoms with Gasteiger partial charge in [0.05, 0.1) is 5.69 Å². The van der Waals surface area contributed by atoms with Crippen LogP contribution in [-0.2, 0) is 10.3 Å². The number of carboxylic acid groups (broad SMARTS) is 1. The number of rotatable bonds is 3. The summed E-state index contributed by atoms with van der Waals surface area (Å²) in [5.41, 5.74) is 4.28. The summed E-state index contributed by atoms with van der Waals surface area (Å²) < 4.78 is 0. The highest BCUT2D eigenvalue weighted by molar-refractivity contribution is 5.80. The molecule has 1 rings (SSSR count). The molecule has 0 saturated carbocycles. The number of hydrogen-bond donors (Lipinski definition) is 2. The molecule has 1 atom stereocenters. The minimum absolute atomic E-state index is 0.162. The van der Waals surface area contributed by atoms with Crippen molar-refractivity contribution in [3.05, 3.63) is 29.6 Å². The van der Waals surface area contributed by atoms with Crippen LogP contribution in [-0.4, -0.2) is 22.3 Å². The van der Waals surface area contributed by atoms with Gasteiger partial charge >= 0.3 is 5.97 Å². The first-order valence-electron chi connectivity index (χ1n) is 3.93. The topological polar surface area (TPSA) is 93.3 Å². The van der Waals surface area contributed by atoms with Crippen molar-refractivity contribution in [2.75, 3.05) is 0 Å². The average Bonchev–Trinajstić information content (AvgIpc) is 2.17. The van der Waals surface area contributed by atoms with Crippen LogP contribution in [0.5, 0.6) is 0 Å². The molecule has 0 aromatic carbocycles. The first-order chi connectivity index (χ1) is 6.48. The predicted octanol–water partition coefficient (Wildman–Crippen LogP) is 0.153. The van der Waals surface area contributed by atoms with Crippen molar-refractivity contribution < 1.29 is 14.7 Å². The molecule has 3 N–H and O–H groups in total. The number of nitrogens with zero attached hydrogens (tertiary/aromatic N) is 1. The number of pyridine rings is 1. The zero-order valence-corrected chi connectivity index (χ0v) is 7.60. The standard InChI is InChI=1S/C9H10N2O3/c1-9(10,8(13)14)7-4-2-3-6(5-12)11-7/h2-5H,10H2,1H3,(H,13,14)/t9-/m0/s1. The minimum Gasteiger partial charge on any atom is -0.480 e. The number of nitrogens with two attached hydrogens (primary N) is 1. The molecular weight excluding hydrogens is 184 g/mol. The maximum atomic E-state index is 10.8. The molecule has 0 aliphatic carbocycles. The number of aliphatic carboxylic acids is 1. The van der Waals surface area contributed by atoms with E-state index in [1.807, 2.05) is 0 Å². The molecule has 0 radical (unpaired) electrons. The summed E-state index contributed by atoms with van der Waals surface area (Å²) in [6.07, 6.45) is 0.543. The van der Waals surface area contributed by atoms with Crippen LogP contribution in [0.4, 0.5) is 0 Å². The highest BCUT2D eigenvalue weighted by Crippen LogP contribution is 2.15. The van der Waals surface area contributed by atoms with E-state index in [1.165, 1.54) is 19.1 Å². The summed E-state index contributed by atoms with van der Waals surface area (Å²) in [5, 5.41) is 8.80. The van der Waals surface area contributed by atoms with Crippen LogP contribution in [0.2, 0.25) is 0 Å². The Morgan fingerprint density at radius 2 is 2.29 bits per heavy atom. The molecule has 0 aliphatic heterocycles. The Balaban J connectivity index is 3.18. The molecule has 1 aromatic rings. The number of carboxylic acids is 1. The summed E-state index contributed by atoms with van der Waals surface area (Å²) in [6, 6.07) is 4.50. The van der Waals surface area contributed by atoms with Crippen molar-refractivity contribution in [1.29, 1.82) is 0 Å². The quantitative estimate of drug-likeness (QED) is 0.668. The molecule has 0 aliphatic rings. The minimum atomic E-state index is -1.57. The first-order valence-corrected chi connectivity index (χ1v) is 3.93. The van der Waals surface area contributed by atoms with Crippen molar-refractivity contribution in [3.8, 4) is 0 Å². The van der Waals surface area contributed by atoms with E-state index in [0.29, 0.717) is 6.29 Å². The molecule has 0 amide bonds. The third kappa shape index (κ3) is 1.77.